The van der Waals surface area contributed by atoms with Gasteiger partial charge in [-0.2, -0.15) is 4.31 Å². The molecule has 29 heavy (non-hydrogen) atoms. The van der Waals surface area contributed by atoms with Crippen LogP contribution in [0.2, 0.25) is 0 Å². The van der Waals surface area contributed by atoms with Crippen molar-refractivity contribution < 1.29 is 22.4 Å². The smallest absolute Gasteiger partial charge is 0.289 e. The minimum atomic E-state index is -3.70. The number of sulfonamides is 1. The first-order valence-corrected chi connectivity index (χ1v) is 11.7. The molecule has 3 heterocycles. The molecule has 162 valence electrons. The molecule has 2 amide bonds. The van der Waals surface area contributed by atoms with E-state index in [1.54, 1.807) is 4.90 Å². The summed E-state index contributed by atoms with van der Waals surface area (Å²) in [5, 5.41) is 2.61. The number of furan rings is 1. The highest BCUT2D eigenvalue weighted by atomic mass is 32.2. The van der Waals surface area contributed by atoms with E-state index in [-0.39, 0.29) is 22.7 Å². The Balaban J connectivity index is 1.61. The molecule has 0 unspecified atom stereocenters. The highest BCUT2D eigenvalue weighted by molar-refractivity contribution is 7.89. The van der Waals surface area contributed by atoms with Crippen LogP contribution in [0.15, 0.2) is 21.6 Å². The van der Waals surface area contributed by atoms with Gasteiger partial charge in [0.2, 0.25) is 11.0 Å². The maximum atomic E-state index is 12.8. The van der Waals surface area contributed by atoms with Crippen LogP contribution < -0.4 is 5.32 Å². The molecule has 1 N–H and O–H groups in total. The van der Waals surface area contributed by atoms with Gasteiger partial charge in [0.05, 0.1) is 6.54 Å². The van der Waals surface area contributed by atoms with Crippen molar-refractivity contribution in [3.63, 3.8) is 0 Å². The average molecular weight is 427 g/mol. The number of likely N-dealkylation sites (N-methyl/N-ethyl adjacent to an activating group) is 1. The molecule has 2 aliphatic heterocycles. The molecule has 2 saturated heterocycles. The Hall–Kier alpha value is -1.91. The topological polar surface area (TPSA) is 103 Å². The fourth-order valence-corrected chi connectivity index (χ4v) is 5.18. The maximum Gasteiger partial charge on any atom is 0.289 e. The van der Waals surface area contributed by atoms with Gasteiger partial charge in [-0.15, -0.1) is 0 Å². The monoisotopic (exact) mass is 426 g/mol. The van der Waals surface area contributed by atoms with Gasteiger partial charge in [-0.25, -0.2) is 8.42 Å². The molecule has 1 aromatic rings. The molecular formula is C19H30N4O5S. The van der Waals surface area contributed by atoms with Crippen molar-refractivity contribution >= 4 is 21.8 Å². The second kappa shape index (κ2) is 9.73. The molecule has 0 bridgehead atoms. The predicted octanol–water partition coefficient (Wildman–Crippen LogP) is 0.738. The molecule has 3 rings (SSSR count). The predicted molar refractivity (Wildman–Crippen MR) is 107 cm³/mol. The largest absolute Gasteiger partial charge is 0.438 e. The van der Waals surface area contributed by atoms with Crippen LogP contribution in [0.5, 0.6) is 0 Å². The van der Waals surface area contributed by atoms with Crippen molar-refractivity contribution in [3.05, 3.63) is 17.9 Å². The summed E-state index contributed by atoms with van der Waals surface area (Å²) in [6, 6.07) is 2.81. The summed E-state index contributed by atoms with van der Waals surface area (Å²) < 4.78 is 32.3. The van der Waals surface area contributed by atoms with Crippen molar-refractivity contribution in [1.82, 2.24) is 19.4 Å². The van der Waals surface area contributed by atoms with E-state index in [0.29, 0.717) is 45.8 Å². The van der Waals surface area contributed by atoms with Gasteiger partial charge in [-0.3, -0.25) is 14.5 Å². The third-order valence-corrected chi connectivity index (χ3v) is 7.09. The molecule has 0 radical (unpaired) electrons. The van der Waals surface area contributed by atoms with E-state index in [1.165, 1.54) is 16.4 Å². The van der Waals surface area contributed by atoms with Crippen molar-refractivity contribution in [2.24, 2.45) is 0 Å². The van der Waals surface area contributed by atoms with Crippen LogP contribution in [-0.2, 0) is 14.8 Å². The Morgan fingerprint density at radius 2 is 1.76 bits per heavy atom. The minimum absolute atomic E-state index is 0.0223. The summed E-state index contributed by atoms with van der Waals surface area (Å²) in [6.07, 6.45) is 3.45. The molecule has 1 aromatic heterocycles. The Labute approximate surface area is 172 Å². The summed E-state index contributed by atoms with van der Waals surface area (Å²) >= 11 is 0. The molecule has 2 aliphatic rings. The lowest BCUT2D eigenvalue weighted by Crippen LogP contribution is -2.40. The first-order chi connectivity index (χ1) is 13.9. The fraction of sp³-hybridized carbons (Fsp3) is 0.684. The number of nitrogens with zero attached hydrogens (tertiary/aromatic N) is 3. The summed E-state index contributed by atoms with van der Waals surface area (Å²) in [5.74, 6) is -0.298. The van der Waals surface area contributed by atoms with Gasteiger partial charge in [0.1, 0.15) is 0 Å². The number of piperidine rings is 1. The van der Waals surface area contributed by atoms with Gasteiger partial charge in [0, 0.05) is 45.8 Å². The summed E-state index contributed by atoms with van der Waals surface area (Å²) in [6.45, 7) is 6.08. The second-order valence-corrected chi connectivity index (χ2v) is 9.33. The maximum absolute atomic E-state index is 12.8. The lowest BCUT2D eigenvalue weighted by molar-refractivity contribution is -0.122. The Morgan fingerprint density at radius 3 is 2.48 bits per heavy atom. The first-order valence-electron chi connectivity index (χ1n) is 10.3. The molecule has 0 atom stereocenters. The zero-order chi connectivity index (χ0) is 20.9. The average Bonchev–Trinajstić information content (AvgIpc) is 3.11. The molecule has 10 heteroatoms. The number of amides is 2. The first kappa shape index (κ1) is 21.8. The van der Waals surface area contributed by atoms with Gasteiger partial charge >= 0.3 is 0 Å². The van der Waals surface area contributed by atoms with Gasteiger partial charge in [0.15, 0.2) is 5.76 Å². The molecule has 0 aromatic carbocycles. The Kier molecular flexibility index (Phi) is 7.31. The van der Waals surface area contributed by atoms with E-state index in [1.807, 2.05) is 11.8 Å². The number of carbonyl (C=O) groups excluding carboxylic acids is 2. The highest BCUT2D eigenvalue weighted by Gasteiger charge is 2.31. The number of hydrogen-bond donors (Lipinski definition) is 1. The van der Waals surface area contributed by atoms with Gasteiger partial charge in [-0.1, -0.05) is 6.42 Å². The van der Waals surface area contributed by atoms with Crippen LogP contribution in [0.1, 0.15) is 43.2 Å². The van der Waals surface area contributed by atoms with Crippen molar-refractivity contribution in [1.29, 1.82) is 0 Å². The number of rotatable bonds is 6. The number of nitrogens with one attached hydrogen (secondary N) is 1. The third-order valence-electron chi connectivity index (χ3n) is 5.32. The zero-order valence-electron chi connectivity index (χ0n) is 16.9. The van der Waals surface area contributed by atoms with E-state index in [4.69, 9.17) is 4.42 Å². The summed E-state index contributed by atoms with van der Waals surface area (Å²) in [4.78, 5) is 28.3. The van der Waals surface area contributed by atoms with Crippen molar-refractivity contribution in [2.45, 2.75) is 37.7 Å². The van der Waals surface area contributed by atoms with Gasteiger partial charge in [0.25, 0.3) is 15.9 Å². The van der Waals surface area contributed by atoms with Gasteiger partial charge < -0.3 is 14.6 Å². The Bertz CT molecular complexity index is 816. The molecule has 9 nitrogen and oxygen atoms in total. The summed E-state index contributed by atoms with van der Waals surface area (Å²) in [5.41, 5.74) is 0. The summed E-state index contributed by atoms with van der Waals surface area (Å²) in [7, 11) is -3.70. The van der Waals surface area contributed by atoms with Crippen LogP contribution >= 0.6 is 0 Å². The number of carbonyl (C=O) groups is 2. The van der Waals surface area contributed by atoms with Crippen LogP contribution in [0.4, 0.5) is 0 Å². The lowest BCUT2D eigenvalue weighted by atomic mass is 10.2. The van der Waals surface area contributed by atoms with Crippen LogP contribution in [0.25, 0.3) is 0 Å². The van der Waals surface area contributed by atoms with Crippen LogP contribution in [-0.4, -0.2) is 86.7 Å². The van der Waals surface area contributed by atoms with E-state index >= 15 is 0 Å². The SMILES string of the molecule is CCNC(=O)CN1CCCN(C(=O)c2ccc(S(=O)(=O)N3CCCCC3)o2)CC1. The standard InChI is InChI=1S/C19H30N4O5S/c1-2-20-17(24)15-21-9-6-10-22(14-13-21)19(25)16-7-8-18(28-16)29(26,27)23-11-4-3-5-12-23/h7-8H,2-6,9-15H2,1H3,(H,20,24). The van der Waals surface area contributed by atoms with Crippen molar-refractivity contribution in [2.75, 3.05) is 52.4 Å². The van der Waals surface area contributed by atoms with Gasteiger partial charge in [-0.05, 0) is 38.3 Å². The molecule has 0 saturated carbocycles. The van der Waals surface area contributed by atoms with Crippen LogP contribution in [0, 0.1) is 0 Å². The van der Waals surface area contributed by atoms with E-state index in [9.17, 15) is 18.0 Å². The normalized spacial score (nSPS) is 19.7. The van der Waals surface area contributed by atoms with Crippen molar-refractivity contribution in [3.8, 4) is 0 Å². The Morgan fingerprint density at radius 1 is 1.00 bits per heavy atom. The van der Waals surface area contributed by atoms with E-state index in [2.05, 4.69) is 5.32 Å². The number of hydrogen-bond acceptors (Lipinski definition) is 6. The quantitative estimate of drug-likeness (QED) is 0.720. The highest BCUT2D eigenvalue weighted by Crippen LogP contribution is 2.23. The zero-order valence-corrected chi connectivity index (χ0v) is 17.7. The molecule has 0 spiro atoms. The molecular weight excluding hydrogens is 396 g/mol. The lowest BCUT2D eigenvalue weighted by Gasteiger charge is -2.24. The second-order valence-electron chi connectivity index (χ2n) is 7.46. The minimum Gasteiger partial charge on any atom is -0.438 e. The van der Waals surface area contributed by atoms with E-state index in [0.717, 1.165) is 32.2 Å². The van der Waals surface area contributed by atoms with Crippen LogP contribution in [0.3, 0.4) is 0 Å². The van der Waals surface area contributed by atoms with E-state index < -0.39 is 10.0 Å². The molecule has 2 fully saturated rings. The third kappa shape index (κ3) is 5.37. The fourth-order valence-electron chi connectivity index (χ4n) is 3.75. The molecule has 0 aliphatic carbocycles.